The van der Waals surface area contributed by atoms with Gasteiger partial charge in [0.25, 0.3) is 0 Å². The first kappa shape index (κ1) is 18.2. The first-order chi connectivity index (χ1) is 12.2. The number of fused-ring (bicyclic) bond motifs is 2. The first-order valence-electron chi connectivity index (χ1n) is 8.75. The van der Waals surface area contributed by atoms with E-state index in [1.54, 1.807) is 0 Å². The number of hydrogen-bond donors (Lipinski definition) is 2. The van der Waals surface area contributed by atoms with Gasteiger partial charge in [0.2, 0.25) is 5.91 Å². The molecule has 0 bridgehead atoms. The zero-order valence-electron chi connectivity index (χ0n) is 14.5. The van der Waals surface area contributed by atoms with E-state index in [0.29, 0.717) is 6.42 Å². The van der Waals surface area contributed by atoms with Crippen molar-refractivity contribution in [3.05, 3.63) is 65.4 Å². The molecule has 134 valence electrons. The summed E-state index contributed by atoms with van der Waals surface area (Å²) in [6.07, 6.45) is 4.70. The van der Waals surface area contributed by atoms with E-state index in [1.807, 2.05) is 48.5 Å². The van der Waals surface area contributed by atoms with Crippen LogP contribution in [0.2, 0.25) is 0 Å². The lowest BCUT2D eigenvalue weighted by Crippen LogP contribution is -2.14. The van der Waals surface area contributed by atoms with Gasteiger partial charge in [-0.25, -0.2) is 0 Å². The number of nitrogens with zero attached hydrogens (tertiary/aromatic N) is 1. The Kier molecular flexibility index (Phi) is 5.43. The van der Waals surface area contributed by atoms with E-state index in [0.717, 1.165) is 52.8 Å². The van der Waals surface area contributed by atoms with E-state index in [4.69, 9.17) is 10.7 Å². The van der Waals surface area contributed by atoms with Crippen molar-refractivity contribution in [2.45, 2.75) is 32.1 Å². The van der Waals surface area contributed by atoms with Crippen molar-refractivity contribution < 1.29 is 4.79 Å². The summed E-state index contributed by atoms with van der Waals surface area (Å²) in [4.78, 5) is 17.0. The number of anilines is 2. The number of nitrogens with two attached hydrogens (primary N) is 1. The number of benzene rings is 2. The van der Waals surface area contributed by atoms with Crippen molar-refractivity contribution in [3.63, 3.8) is 0 Å². The van der Waals surface area contributed by atoms with Crippen LogP contribution in [0.5, 0.6) is 0 Å². The van der Waals surface area contributed by atoms with E-state index in [2.05, 4.69) is 5.32 Å². The maximum atomic E-state index is 12.3. The largest absolute Gasteiger partial charge is 0.398 e. The second-order valence-corrected chi connectivity index (χ2v) is 6.60. The predicted molar refractivity (Wildman–Crippen MR) is 109 cm³/mol. The number of aromatic nitrogens is 1. The average molecular weight is 368 g/mol. The molecule has 0 atom stereocenters. The highest BCUT2D eigenvalue weighted by Crippen LogP contribution is 2.32. The third-order valence-corrected chi connectivity index (χ3v) is 4.80. The smallest absolute Gasteiger partial charge is 0.228 e. The minimum absolute atomic E-state index is 0. The summed E-state index contributed by atoms with van der Waals surface area (Å²) in [6, 6.07) is 15.5. The van der Waals surface area contributed by atoms with Crippen LogP contribution in [0.4, 0.5) is 11.4 Å². The molecule has 0 spiro atoms. The third-order valence-electron chi connectivity index (χ3n) is 4.80. The number of hydrogen-bond acceptors (Lipinski definition) is 3. The van der Waals surface area contributed by atoms with E-state index >= 15 is 0 Å². The normalized spacial score (nSPS) is 12.9. The summed E-state index contributed by atoms with van der Waals surface area (Å²) in [7, 11) is 0. The van der Waals surface area contributed by atoms with Crippen LogP contribution < -0.4 is 11.1 Å². The molecule has 0 radical (unpaired) electrons. The van der Waals surface area contributed by atoms with Crippen LogP contribution in [0.1, 0.15) is 29.7 Å². The summed E-state index contributed by atoms with van der Waals surface area (Å²) < 4.78 is 0. The summed E-state index contributed by atoms with van der Waals surface area (Å²) in [5.74, 6) is -0.0324. The van der Waals surface area contributed by atoms with Crippen molar-refractivity contribution in [3.8, 4) is 0 Å². The molecular weight excluding hydrogens is 346 g/mol. The van der Waals surface area contributed by atoms with Crippen molar-refractivity contribution in [2.75, 3.05) is 11.1 Å². The molecule has 1 heterocycles. The van der Waals surface area contributed by atoms with Crippen LogP contribution in [0.3, 0.4) is 0 Å². The average Bonchev–Trinajstić information content (AvgIpc) is 2.63. The van der Waals surface area contributed by atoms with Gasteiger partial charge in [-0.15, -0.1) is 12.4 Å². The van der Waals surface area contributed by atoms with Crippen LogP contribution in [0.15, 0.2) is 48.5 Å². The summed E-state index contributed by atoms with van der Waals surface area (Å²) in [5.41, 5.74) is 12.2. The van der Waals surface area contributed by atoms with Gasteiger partial charge >= 0.3 is 0 Å². The zero-order valence-corrected chi connectivity index (χ0v) is 15.3. The SMILES string of the molecule is Cl.Nc1c2c(nc3ccc(NC(=O)Cc4ccccc4)cc13)CCCC2. The topological polar surface area (TPSA) is 68.0 Å². The number of halogens is 1. The standard InChI is InChI=1S/C21H21N3O.ClH/c22-21-16-8-4-5-9-18(16)24-19-11-10-15(13-17(19)21)23-20(25)12-14-6-2-1-3-7-14;/h1-3,6-7,10-11,13H,4-5,8-9,12H2,(H2,22,24)(H,23,25);1H. The number of aryl methyl sites for hydroxylation is 1. The fourth-order valence-electron chi connectivity index (χ4n) is 3.52. The minimum atomic E-state index is -0.0324. The van der Waals surface area contributed by atoms with Gasteiger partial charge in [-0.2, -0.15) is 0 Å². The first-order valence-corrected chi connectivity index (χ1v) is 8.75. The molecule has 4 rings (SSSR count). The molecule has 1 aromatic heterocycles. The molecule has 0 saturated heterocycles. The Morgan fingerprint density at radius 2 is 1.85 bits per heavy atom. The fraction of sp³-hybridized carbons (Fsp3) is 0.238. The molecular formula is C21H22ClN3O. The molecule has 2 aromatic carbocycles. The molecule has 3 aromatic rings. The lowest BCUT2D eigenvalue weighted by Gasteiger charge is -2.19. The Balaban J connectivity index is 0.00000196. The molecule has 1 aliphatic carbocycles. The van der Waals surface area contributed by atoms with E-state index in [9.17, 15) is 4.79 Å². The lowest BCUT2D eigenvalue weighted by molar-refractivity contribution is -0.115. The Morgan fingerprint density at radius 3 is 2.65 bits per heavy atom. The monoisotopic (exact) mass is 367 g/mol. The highest BCUT2D eigenvalue weighted by atomic mass is 35.5. The van der Waals surface area contributed by atoms with E-state index in [-0.39, 0.29) is 18.3 Å². The van der Waals surface area contributed by atoms with Gasteiger partial charge in [0, 0.05) is 22.5 Å². The van der Waals surface area contributed by atoms with Crippen molar-refractivity contribution in [1.82, 2.24) is 4.98 Å². The minimum Gasteiger partial charge on any atom is -0.398 e. The number of carbonyl (C=O) groups excluding carboxylic acids is 1. The number of pyridine rings is 1. The number of amides is 1. The quantitative estimate of drug-likeness (QED) is 0.725. The summed E-state index contributed by atoms with van der Waals surface area (Å²) in [6.45, 7) is 0. The second kappa shape index (κ2) is 7.75. The van der Waals surface area contributed by atoms with Gasteiger partial charge in [0.1, 0.15) is 0 Å². The molecule has 3 N–H and O–H groups in total. The molecule has 0 saturated carbocycles. The van der Waals surface area contributed by atoms with Crippen LogP contribution in [0, 0.1) is 0 Å². The molecule has 0 unspecified atom stereocenters. The maximum absolute atomic E-state index is 12.3. The van der Waals surface area contributed by atoms with Gasteiger partial charge < -0.3 is 11.1 Å². The summed E-state index contributed by atoms with van der Waals surface area (Å²) >= 11 is 0. The third kappa shape index (κ3) is 3.65. The van der Waals surface area contributed by atoms with Crippen molar-refractivity contribution in [2.24, 2.45) is 0 Å². The van der Waals surface area contributed by atoms with Crippen molar-refractivity contribution in [1.29, 1.82) is 0 Å². The van der Waals surface area contributed by atoms with Crippen LogP contribution >= 0.6 is 12.4 Å². The van der Waals surface area contributed by atoms with Crippen molar-refractivity contribution >= 4 is 40.6 Å². The Labute approximate surface area is 159 Å². The van der Waals surface area contributed by atoms with Crippen LogP contribution in [-0.2, 0) is 24.1 Å². The lowest BCUT2D eigenvalue weighted by atomic mass is 9.93. The molecule has 1 amide bonds. The number of carbonyl (C=O) groups is 1. The molecule has 0 fully saturated rings. The predicted octanol–water partition coefficient (Wildman–Crippen LogP) is 4.30. The molecule has 0 aliphatic heterocycles. The van der Waals surface area contributed by atoms with E-state index < -0.39 is 0 Å². The molecule has 1 aliphatic rings. The van der Waals surface area contributed by atoms with Gasteiger partial charge in [-0.1, -0.05) is 30.3 Å². The van der Waals surface area contributed by atoms with E-state index in [1.165, 1.54) is 12.0 Å². The number of nitrogens with one attached hydrogen (secondary N) is 1. The Hall–Kier alpha value is -2.59. The second-order valence-electron chi connectivity index (χ2n) is 6.60. The maximum Gasteiger partial charge on any atom is 0.228 e. The fourth-order valence-corrected chi connectivity index (χ4v) is 3.52. The zero-order chi connectivity index (χ0) is 17.2. The summed E-state index contributed by atoms with van der Waals surface area (Å²) in [5, 5.41) is 3.90. The highest BCUT2D eigenvalue weighted by molar-refractivity contribution is 5.98. The molecule has 4 nitrogen and oxygen atoms in total. The molecule has 26 heavy (non-hydrogen) atoms. The number of rotatable bonds is 3. The van der Waals surface area contributed by atoms with Crippen LogP contribution in [-0.4, -0.2) is 10.9 Å². The van der Waals surface area contributed by atoms with Gasteiger partial charge in [-0.3, -0.25) is 9.78 Å². The van der Waals surface area contributed by atoms with Gasteiger partial charge in [0.05, 0.1) is 11.9 Å². The number of nitrogen functional groups attached to an aromatic ring is 1. The van der Waals surface area contributed by atoms with Gasteiger partial charge in [-0.05, 0) is 55.0 Å². The van der Waals surface area contributed by atoms with Crippen LogP contribution in [0.25, 0.3) is 10.9 Å². The highest BCUT2D eigenvalue weighted by Gasteiger charge is 2.16. The van der Waals surface area contributed by atoms with Gasteiger partial charge in [0.15, 0.2) is 0 Å². The Bertz CT molecular complexity index is 941. The Morgan fingerprint density at radius 1 is 1.08 bits per heavy atom. The molecule has 5 heteroatoms.